The third-order valence-electron chi connectivity index (χ3n) is 3.28. The molecular weight excluding hydrogens is 236 g/mol. The first-order valence-electron chi connectivity index (χ1n) is 7.39. The number of hydrogen-bond donors (Lipinski definition) is 1. The number of rotatable bonds is 10. The van der Waals surface area contributed by atoms with Gasteiger partial charge in [0.05, 0.1) is 0 Å². The molecular formula is C16H28N2O. The van der Waals surface area contributed by atoms with Crippen LogP contribution in [-0.2, 0) is 6.54 Å². The number of para-hydroxylation sites is 1. The van der Waals surface area contributed by atoms with Crippen LogP contribution in [0.3, 0.4) is 0 Å². The van der Waals surface area contributed by atoms with E-state index in [0.717, 1.165) is 32.0 Å². The molecule has 0 bridgehead atoms. The third-order valence-corrected chi connectivity index (χ3v) is 3.28. The molecule has 19 heavy (non-hydrogen) atoms. The minimum Gasteiger partial charge on any atom is -0.492 e. The molecule has 1 N–H and O–H groups in total. The van der Waals surface area contributed by atoms with E-state index in [1.807, 2.05) is 13.1 Å². The average Bonchev–Trinajstić information content (AvgIpc) is 2.44. The zero-order valence-corrected chi connectivity index (χ0v) is 12.6. The summed E-state index contributed by atoms with van der Waals surface area (Å²) in [5.74, 6) is 1.00. The number of nitrogens with zero attached hydrogens (tertiary/aromatic N) is 1. The van der Waals surface area contributed by atoms with Gasteiger partial charge >= 0.3 is 0 Å². The van der Waals surface area contributed by atoms with Gasteiger partial charge in [-0.05, 0) is 32.6 Å². The van der Waals surface area contributed by atoms with Gasteiger partial charge in [-0.25, -0.2) is 0 Å². The van der Waals surface area contributed by atoms with Crippen LogP contribution in [0.15, 0.2) is 24.3 Å². The van der Waals surface area contributed by atoms with Crippen molar-refractivity contribution in [2.24, 2.45) is 0 Å². The molecule has 0 aliphatic rings. The van der Waals surface area contributed by atoms with Crippen molar-refractivity contribution < 1.29 is 4.74 Å². The molecule has 0 heterocycles. The molecule has 0 radical (unpaired) electrons. The molecule has 3 heteroatoms. The molecule has 0 saturated carbocycles. The lowest BCUT2D eigenvalue weighted by molar-refractivity contribution is 0.212. The zero-order chi connectivity index (χ0) is 13.9. The van der Waals surface area contributed by atoms with Gasteiger partial charge in [-0.1, -0.05) is 38.5 Å². The smallest absolute Gasteiger partial charge is 0.123 e. The summed E-state index contributed by atoms with van der Waals surface area (Å²) in [5.41, 5.74) is 1.22. The molecule has 0 amide bonds. The second kappa shape index (κ2) is 9.82. The van der Waals surface area contributed by atoms with Gasteiger partial charge in [0, 0.05) is 18.7 Å². The van der Waals surface area contributed by atoms with Gasteiger partial charge in [0.25, 0.3) is 0 Å². The summed E-state index contributed by atoms with van der Waals surface area (Å²) >= 11 is 0. The van der Waals surface area contributed by atoms with Crippen LogP contribution in [0.1, 0.15) is 32.3 Å². The van der Waals surface area contributed by atoms with Crippen LogP contribution in [-0.4, -0.2) is 38.2 Å². The van der Waals surface area contributed by atoms with Gasteiger partial charge in [-0.15, -0.1) is 0 Å². The first kappa shape index (κ1) is 16.0. The Morgan fingerprint density at radius 3 is 2.63 bits per heavy atom. The second-order valence-electron chi connectivity index (χ2n) is 4.77. The van der Waals surface area contributed by atoms with E-state index in [-0.39, 0.29) is 0 Å². The number of benzene rings is 1. The highest BCUT2D eigenvalue weighted by atomic mass is 16.5. The van der Waals surface area contributed by atoms with E-state index in [0.29, 0.717) is 0 Å². The summed E-state index contributed by atoms with van der Waals surface area (Å²) in [4.78, 5) is 2.45. The third kappa shape index (κ3) is 6.08. The van der Waals surface area contributed by atoms with E-state index in [9.17, 15) is 0 Å². The fourth-order valence-corrected chi connectivity index (χ4v) is 2.08. The molecule has 0 fully saturated rings. The maximum absolute atomic E-state index is 5.92. The lowest BCUT2D eigenvalue weighted by Gasteiger charge is -2.20. The quantitative estimate of drug-likeness (QED) is 0.703. The molecule has 0 saturated heterocycles. The first-order valence-corrected chi connectivity index (χ1v) is 7.39. The Morgan fingerprint density at radius 2 is 1.95 bits per heavy atom. The molecule has 0 unspecified atom stereocenters. The molecule has 0 aliphatic heterocycles. The van der Waals surface area contributed by atoms with E-state index in [4.69, 9.17) is 4.74 Å². The molecule has 1 aromatic rings. The topological polar surface area (TPSA) is 24.5 Å². The minimum absolute atomic E-state index is 0.762. The molecule has 3 nitrogen and oxygen atoms in total. The van der Waals surface area contributed by atoms with Gasteiger partial charge in [0.1, 0.15) is 12.4 Å². The van der Waals surface area contributed by atoms with Gasteiger partial charge in [0.2, 0.25) is 0 Å². The van der Waals surface area contributed by atoms with Crippen LogP contribution in [0.2, 0.25) is 0 Å². The lowest BCUT2D eigenvalue weighted by Crippen LogP contribution is -2.29. The number of nitrogens with one attached hydrogen (secondary N) is 1. The Balaban J connectivity index is 2.39. The predicted molar refractivity (Wildman–Crippen MR) is 81.7 cm³/mol. The summed E-state index contributed by atoms with van der Waals surface area (Å²) < 4.78 is 5.92. The molecule has 1 rings (SSSR count). The molecule has 0 atom stereocenters. The monoisotopic (exact) mass is 264 g/mol. The molecule has 108 valence electrons. The Labute approximate surface area is 118 Å². The van der Waals surface area contributed by atoms with Crippen molar-refractivity contribution >= 4 is 0 Å². The SMILES string of the molecule is CCCCN(CC)CCOc1ccccc1CNC. The van der Waals surface area contributed by atoms with Crippen molar-refractivity contribution in [1.29, 1.82) is 0 Å². The fraction of sp³-hybridized carbons (Fsp3) is 0.625. The van der Waals surface area contributed by atoms with Crippen molar-refractivity contribution in [3.05, 3.63) is 29.8 Å². The van der Waals surface area contributed by atoms with Gasteiger partial charge < -0.3 is 15.0 Å². The van der Waals surface area contributed by atoms with Crippen LogP contribution in [0.25, 0.3) is 0 Å². The number of hydrogen-bond acceptors (Lipinski definition) is 3. The van der Waals surface area contributed by atoms with Crippen LogP contribution in [0.4, 0.5) is 0 Å². The summed E-state index contributed by atoms with van der Waals surface area (Å²) in [6.07, 6.45) is 2.52. The summed E-state index contributed by atoms with van der Waals surface area (Å²) in [7, 11) is 1.96. The van der Waals surface area contributed by atoms with Gasteiger partial charge in [0.15, 0.2) is 0 Å². The zero-order valence-electron chi connectivity index (χ0n) is 12.6. The molecule has 0 aromatic heterocycles. The summed E-state index contributed by atoms with van der Waals surface area (Å²) in [6, 6.07) is 8.25. The maximum atomic E-state index is 5.92. The average molecular weight is 264 g/mol. The van der Waals surface area contributed by atoms with Gasteiger partial charge in [-0.3, -0.25) is 0 Å². The van der Waals surface area contributed by atoms with Crippen LogP contribution < -0.4 is 10.1 Å². The van der Waals surface area contributed by atoms with Crippen molar-refractivity contribution in [3.8, 4) is 5.75 Å². The van der Waals surface area contributed by atoms with Crippen molar-refractivity contribution in [2.45, 2.75) is 33.2 Å². The Morgan fingerprint density at radius 1 is 1.16 bits per heavy atom. The molecule has 0 aliphatic carbocycles. The lowest BCUT2D eigenvalue weighted by atomic mass is 10.2. The van der Waals surface area contributed by atoms with Crippen molar-refractivity contribution in [3.63, 3.8) is 0 Å². The Bertz CT molecular complexity index is 341. The first-order chi connectivity index (χ1) is 9.31. The number of ether oxygens (including phenoxy) is 1. The fourth-order valence-electron chi connectivity index (χ4n) is 2.08. The second-order valence-corrected chi connectivity index (χ2v) is 4.77. The van der Waals surface area contributed by atoms with E-state index < -0.39 is 0 Å². The van der Waals surface area contributed by atoms with Crippen molar-refractivity contribution in [1.82, 2.24) is 10.2 Å². The highest BCUT2D eigenvalue weighted by Gasteiger charge is 2.04. The predicted octanol–water partition coefficient (Wildman–Crippen LogP) is 2.91. The van der Waals surface area contributed by atoms with E-state index >= 15 is 0 Å². The number of unbranched alkanes of at least 4 members (excludes halogenated alkanes) is 1. The van der Waals surface area contributed by atoms with Crippen LogP contribution in [0, 0.1) is 0 Å². The Hall–Kier alpha value is -1.06. The highest BCUT2D eigenvalue weighted by molar-refractivity contribution is 5.33. The standard InChI is InChI=1S/C16H28N2O/c1-4-6-11-18(5-2)12-13-19-16-10-8-7-9-15(16)14-17-3/h7-10,17H,4-6,11-14H2,1-3H3. The normalized spacial score (nSPS) is 10.9. The van der Waals surface area contributed by atoms with E-state index in [1.54, 1.807) is 0 Å². The van der Waals surface area contributed by atoms with Gasteiger partial charge in [-0.2, -0.15) is 0 Å². The van der Waals surface area contributed by atoms with Crippen molar-refractivity contribution in [2.75, 3.05) is 33.3 Å². The number of likely N-dealkylation sites (N-methyl/N-ethyl adjacent to an activating group) is 1. The van der Waals surface area contributed by atoms with E-state index in [1.165, 1.54) is 24.9 Å². The summed E-state index contributed by atoms with van der Waals surface area (Å²) in [5, 5.41) is 3.17. The largest absolute Gasteiger partial charge is 0.492 e. The van der Waals surface area contributed by atoms with Crippen LogP contribution >= 0.6 is 0 Å². The van der Waals surface area contributed by atoms with E-state index in [2.05, 4.69) is 42.3 Å². The summed E-state index contributed by atoms with van der Waals surface area (Å²) in [6.45, 7) is 9.34. The maximum Gasteiger partial charge on any atom is 0.123 e. The highest BCUT2D eigenvalue weighted by Crippen LogP contribution is 2.17. The minimum atomic E-state index is 0.762. The Kier molecular flexibility index (Phi) is 8.26. The molecule has 1 aromatic carbocycles. The molecule has 0 spiro atoms. The van der Waals surface area contributed by atoms with Crippen LogP contribution in [0.5, 0.6) is 5.75 Å².